The third-order valence-corrected chi connectivity index (χ3v) is 9.18. The molecule has 1 saturated carbocycles. The molecule has 2 fully saturated rings. The highest BCUT2D eigenvalue weighted by atomic mass is 35.5. The second-order valence-electron chi connectivity index (χ2n) is 10.1. The van der Waals surface area contributed by atoms with E-state index < -0.39 is 0 Å². The van der Waals surface area contributed by atoms with Gasteiger partial charge in [0.05, 0.1) is 4.91 Å². The van der Waals surface area contributed by atoms with E-state index in [1.165, 1.54) is 19.3 Å². The van der Waals surface area contributed by atoms with Gasteiger partial charge in [0.25, 0.3) is 5.91 Å². The van der Waals surface area contributed by atoms with Crippen molar-refractivity contribution in [3.63, 3.8) is 0 Å². The van der Waals surface area contributed by atoms with Crippen LogP contribution >= 0.6 is 23.4 Å². The fourth-order valence-corrected chi connectivity index (χ4v) is 7.02. The van der Waals surface area contributed by atoms with Gasteiger partial charge in [0, 0.05) is 33.8 Å². The minimum absolute atomic E-state index is 0.115. The van der Waals surface area contributed by atoms with Gasteiger partial charge in [-0.05, 0) is 87.1 Å². The minimum Gasteiger partial charge on any atom is -0.356 e. The average Bonchev–Trinajstić information content (AvgIpc) is 3.31. The zero-order chi connectivity index (χ0) is 25.4. The summed E-state index contributed by atoms with van der Waals surface area (Å²) in [4.78, 5) is 16.8. The van der Waals surface area contributed by atoms with Crippen molar-refractivity contribution in [2.45, 2.75) is 64.9 Å². The first-order valence-corrected chi connectivity index (χ1v) is 14.1. The van der Waals surface area contributed by atoms with E-state index in [1.54, 1.807) is 11.8 Å². The molecular weight excluding hydrogens is 486 g/mol. The molecule has 1 amide bonds. The van der Waals surface area contributed by atoms with Crippen LogP contribution < -0.4 is 5.32 Å². The van der Waals surface area contributed by atoms with Crippen molar-refractivity contribution < 1.29 is 4.79 Å². The largest absolute Gasteiger partial charge is 0.356 e. The Morgan fingerprint density at radius 3 is 2.53 bits per heavy atom. The summed E-state index contributed by atoms with van der Waals surface area (Å²) in [6.07, 6.45) is 6.76. The molecule has 3 atom stereocenters. The monoisotopic (exact) mass is 519 g/mol. The quantitative estimate of drug-likeness (QED) is 0.347. The fourth-order valence-electron chi connectivity index (χ4n) is 5.65. The number of hydrogen-bond acceptors (Lipinski definition) is 3. The van der Waals surface area contributed by atoms with E-state index >= 15 is 0 Å². The Kier molecular flexibility index (Phi) is 7.23. The lowest BCUT2D eigenvalue weighted by Crippen LogP contribution is -2.48. The molecule has 3 aromatic rings. The lowest BCUT2D eigenvalue weighted by Gasteiger charge is -2.39. The van der Waals surface area contributed by atoms with E-state index in [-0.39, 0.29) is 17.4 Å². The number of halogens is 1. The number of para-hydroxylation sites is 1. The van der Waals surface area contributed by atoms with Gasteiger partial charge in [0.15, 0.2) is 5.50 Å². The topological polar surface area (TPSA) is 37.3 Å². The van der Waals surface area contributed by atoms with Gasteiger partial charge in [-0.15, -0.1) is 0 Å². The Bertz CT molecular complexity index is 1300. The van der Waals surface area contributed by atoms with Gasteiger partial charge in [-0.3, -0.25) is 4.79 Å². The number of benzene rings is 2. The number of carbonyl (C=O) groups is 1. The van der Waals surface area contributed by atoms with Gasteiger partial charge < -0.3 is 14.8 Å². The summed E-state index contributed by atoms with van der Waals surface area (Å²) in [6, 6.07) is 18.6. The SMILES string of the molecule is Cc1c(Cl)cccc1-n1c(C)cc(/C=C2\SC(Nc3ccccc3)N([C@H]3CCCC[C@@H]3C)C2=O)c1C. The first kappa shape index (κ1) is 25.0. The van der Waals surface area contributed by atoms with Crippen LogP contribution in [0.3, 0.4) is 0 Å². The van der Waals surface area contributed by atoms with Gasteiger partial charge in [0.1, 0.15) is 0 Å². The fraction of sp³-hybridized carbons (Fsp3) is 0.367. The average molecular weight is 520 g/mol. The zero-order valence-electron chi connectivity index (χ0n) is 21.4. The van der Waals surface area contributed by atoms with Crippen LogP contribution in [0.5, 0.6) is 0 Å². The van der Waals surface area contributed by atoms with Crippen LogP contribution in [-0.4, -0.2) is 26.9 Å². The summed E-state index contributed by atoms with van der Waals surface area (Å²) in [5.74, 6) is 0.634. The number of rotatable bonds is 5. The molecule has 1 saturated heterocycles. The van der Waals surface area contributed by atoms with E-state index in [0.717, 1.165) is 50.2 Å². The van der Waals surface area contributed by atoms with Crippen LogP contribution in [-0.2, 0) is 4.79 Å². The van der Waals surface area contributed by atoms with Crippen LogP contribution in [0.4, 0.5) is 5.69 Å². The molecule has 1 aliphatic carbocycles. The number of nitrogens with zero attached hydrogens (tertiary/aromatic N) is 2. The van der Waals surface area contributed by atoms with E-state index in [0.29, 0.717) is 5.92 Å². The number of aromatic nitrogens is 1. The maximum Gasteiger partial charge on any atom is 0.262 e. The highest BCUT2D eigenvalue weighted by Gasteiger charge is 2.43. The van der Waals surface area contributed by atoms with Crippen LogP contribution in [0.2, 0.25) is 5.02 Å². The van der Waals surface area contributed by atoms with Gasteiger partial charge in [-0.25, -0.2) is 0 Å². The molecule has 4 nitrogen and oxygen atoms in total. The summed E-state index contributed by atoms with van der Waals surface area (Å²) in [5.41, 5.74) is 6.35. The molecule has 36 heavy (non-hydrogen) atoms. The Balaban J connectivity index is 1.51. The molecule has 2 heterocycles. The Morgan fingerprint density at radius 1 is 1.03 bits per heavy atom. The summed E-state index contributed by atoms with van der Waals surface area (Å²) in [6.45, 7) is 8.57. The van der Waals surface area contributed by atoms with E-state index in [1.807, 2.05) is 37.3 Å². The molecule has 1 unspecified atom stereocenters. The first-order valence-electron chi connectivity index (χ1n) is 12.8. The summed E-state index contributed by atoms with van der Waals surface area (Å²) < 4.78 is 2.23. The highest BCUT2D eigenvalue weighted by molar-refractivity contribution is 8.05. The molecule has 1 N–H and O–H groups in total. The van der Waals surface area contributed by atoms with Crippen molar-refractivity contribution >= 4 is 41.0 Å². The smallest absolute Gasteiger partial charge is 0.262 e. The molecule has 5 rings (SSSR count). The number of anilines is 1. The summed E-state index contributed by atoms with van der Waals surface area (Å²) >= 11 is 8.06. The number of nitrogens with one attached hydrogen (secondary N) is 1. The van der Waals surface area contributed by atoms with Gasteiger partial charge in [0.2, 0.25) is 0 Å². The number of hydrogen-bond donors (Lipinski definition) is 1. The molecule has 0 bridgehead atoms. The Morgan fingerprint density at radius 2 is 1.78 bits per heavy atom. The Labute approximate surface area is 223 Å². The normalized spacial score (nSPS) is 23.5. The molecule has 1 aromatic heterocycles. The third kappa shape index (κ3) is 4.71. The standard InChI is InChI=1S/C30H34ClN3OS/c1-19-11-8-9-15-26(19)34-29(35)28(36-30(34)32-24-12-6-5-7-13-24)18-23-17-20(2)33(22(23)4)27-16-10-14-25(31)21(27)3/h5-7,10,12-14,16-19,26,30,32H,8-9,11,15H2,1-4H3/b28-18-/t19-,26-,30?/m0/s1. The van der Waals surface area contributed by atoms with Gasteiger partial charge in [-0.1, -0.05) is 67.4 Å². The minimum atomic E-state index is -0.115. The van der Waals surface area contributed by atoms with Crippen LogP contribution in [0.15, 0.2) is 59.5 Å². The van der Waals surface area contributed by atoms with Crippen molar-refractivity contribution in [3.05, 3.63) is 87.0 Å². The lowest BCUT2D eigenvalue weighted by molar-refractivity contribution is -0.129. The number of thioether (sulfide) groups is 1. The maximum atomic E-state index is 13.9. The molecule has 0 radical (unpaired) electrons. The molecule has 2 aromatic carbocycles. The maximum absolute atomic E-state index is 13.9. The van der Waals surface area contributed by atoms with Crippen molar-refractivity contribution in [1.82, 2.24) is 9.47 Å². The Hall–Kier alpha value is -2.63. The predicted molar refractivity (Wildman–Crippen MR) is 153 cm³/mol. The van der Waals surface area contributed by atoms with E-state index in [2.05, 4.69) is 65.9 Å². The van der Waals surface area contributed by atoms with Gasteiger partial charge >= 0.3 is 0 Å². The van der Waals surface area contributed by atoms with E-state index in [4.69, 9.17) is 11.6 Å². The van der Waals surface area contributed by atoms with Crippen LogP contribution in [0.1, 0.15) is 55.1 Å². The summed E-state index contributed by atoms with van der Waals surface area (Å²) in [5, 5.41) is 4.39. The molecular formula is C30H34ClN3OS. The zero-order valence-corrected chi connectivity index (χ0v) is 23.0. The first-order chi connectivity index (χ1) is 17.3. The number of amides is 1. The van der Waals surface area contributed by atoms with Crippen molar-refractivity contribution in [2.24, 2.45) is 5.92 Å². The molecule has 2 aliphatic rings. The van der Waals surface area contributed by atoms with Gasteiger partial charge in [-0.2, -0.15) is 0 Å². The van der Waals surface area contributed by atoms with Crippen molar-refractivity contribution in [2.75, 3.05) is 5.32 Å². The second kappa shape index (κ2) is 10.4. The molecule has 188 valence electrons. The van der Waals surface area contributed by atoms with Crippen molar-refractivity contribution in [3.8, 4) is 5.69 Å². The van der Waals surface area contributed by atoms with E-state index in [9.17, 15) is 4.79 Å². The number of aryl methyl sites for hydroxylation is 1. The van der Waals surface area contributed by atoms with Crippen LogP contribution in [0.25, 0.3) is 11.8 Å². The third-order valence-electron chi connectivity index (χ3n) is 7.66. The highest BCUT2D eigenvalue weighted by Crippen LogP contribution is 2.42. The molecule has 0 spiro atoms. The predicted octanol–water partition coefficient (Wildman–Crippen LogP) is 7.95. The van der Waals surface area contributed by atoms with Crippen molar-refractivity contribution in [1.29, 1.82) is 0 Å². The number of carbonyl (C=O) groups excluding carboxylic acids is 1. The summed E-state index contributed by atoms with van der Waals surface area (Å²) in [7, 11) is 0. The lowest BCUT2D eigenvalue weighted by atomic mass is 9.85. The van der Waals surface area contributed by atoms with Crippen LogP contribution in [0, 0.1) is 26.7 Å². The second-order valence-corrected chi connectivity index (χ2v) is 11.6. The molecule has 6 heteroatoms. The molecule has 1 aliphatic heterocycles.